The van der Waals surface area contributed by atoms with Crippen molar-refractivity contribution in [2.45, 2.75) is 51.9 Å². The van der Waals surface area contributed by atoms with Crippen molar-refractivity contribution in [3.8, 4) is 0 Å². The molecule has 1 aliphatic carbocycles. The van der Waals surface area contributed by atoms with Crippen molar-refractivity contribution in [2.75, 3.05) is 0 Å². The second-order valence-corrected chi connectivity index (χ2v) is 5.36. The lowest BCUT2D eigenvalue weighted by Crippen LogP contribution is -2.10. The molecule has 0 N–H and O–H groups in total. The molecule has 1 aliphatic rings. The van der Waals surface area contributed by atoms with E-state index in [1.807, 2.05) is 0 Å². The van der Waals surface area contributed by atoms with E-state index in [4.69, 9.17) is 0 Å². The van der Waals surface area contributed by atoms with Crippen LogP contribution in [0.15, 0.2) is 12.1 Å². The monoisotopic (exact) mass is 234 g/mol. The molecule has 0 radical (unpaired) electrons. The smallest absolute Gasteiger partial charge is 0.192 e. The van der Waals surface area contributed by atoms with Crippen LogP contribution in [0.2, 0.25) is 0 Å². The van der Waals surface area contributed by atoms with Gasteiger partial charge in [0.15, 0.2) is 8.46 Å². The lowest BCUT2D eigenvalue weighted by molar-refractivity contribution is 0.602. The summed E-state index contributed by atoms with van der Waals surface area (Å²) in [7, 11) is 0.197. The Bertz CT molecular complexity index is 385. The Morgan fingerprint density at radius 1 is 1.00 bits per heavy atom. The molecule has 1 aromatic carbocycles. The highest BCUT2D eigenvalue weighted by molar-refractivity contribution is 7.34. The highest BCUT2D eigenvalue weighted by Crippen LogP contribution is 2.22. The summed E-state index contributed by atoms with van der Waals surface area (Å²) in [6, 6.07) is 4.36. The lowest BCUT2D eigenvalue weighted by Gasteiger charge is -2.12. The van der Waals surface area contributed by atoms with Crippen LogP contribution in [0.1, 0.15) is 48.8 Å². The van der Waals surface area contributed by atoms with E-state index in [0.29, 0.717) is 0 Å². The molecule has 86 valence electrons. The summed E-state index contributed by atoms with van der Waals surface area (Å²) in [6.45, 7) is 2.06. The number of aryl methyl sites for hydroxylation is 2. The summed E-state index contributed by atoms with van der Waals surface area (Å²) in [6.07, 6.45) is 8.83. The maximum absolute atomic E-state index is 11.3. The van der Waals surface area contributed by atoms with E-state index in [9.17, 15) is 4.57 Å². The standard InChI is InChI=1S/C14H19OP/c1-11-9-10-12-7-5-3-2-4-6-8-13(12)14(11)16-15/h9-10H,2-8H2,1H3. The van der Waals surface area contributed by atoms with Crippen molar-refractivity contribution in [3.05, 3.63) is 28.8 Å². The zero-order chi connectivity index (χ0) is 11.4. The summed E-state index contributed by atoms with van der Waals surface area (Å²) >= 11 is 0. The average Bonchev–Trinajstić information content (AvgIpc) is 2.40. The van der Waals surface area contributed by atoms with Gasteiger partial charge in [-0.25, -0.2) is 0 Å². The number of benzene rings is 1. The molecule has 0 amide bonds. The fraction of sp³-hybridized carbons (Fsp3) is 0.571. The van der Waals surface area contributed by atoms with E-state index in [1.165, 1.54) is 48.8 Å². The summed E-state index contributed by atoms with van der Waals surface area (Å²) < 4.78 is 11.3. The molecule has 0 atom stereocenters. The van der Waals surface area contributed by atoms with Crippen LogP contribution in [-0.4, -0.2) is 0 Å². The molecular weight excluding hydrogens is 215 g/mol. The van der Waals surface area contributed by atoms with Gasteiger partial charge in [0.05, 0.1) is 0 Å². The molecule has 2 heteroatoms. The van der Waals surface area contributed by atoms with Gasteiger partial charge in [-0.3, -0.25) is 4.57 Å². The van der Waals surface area contributed by atoms with Gasteiger partial charge in [-0.1, -0.05) is 31.4 Å². The molecule has 1 nitrogen and oxygen atoms in total. The summed E-state index contributed by atoms with van der Waals surface area (Å²) in [5.41, 5.74) is 3.99. The van der Waals surface area contributed by atoms with Crippen LogP contribution in [0.25, 0.3) is 0 Å². The molecule has 0 aromatic heterocycles. The van der Waals surface area contributed by atoms with Crippen LogP contribution >= 0.6 is 8.46 Å². The first kappa shape index (κ1) is 11.8. The first-order chi connectivity index (χ1) is 7.83. The van der Waals surface area contributed by atoms with E-state index in [0.717, 1.165) is 18.1 Å². The summed E-state index contributed by atoms with van der Waals surface area (Å²) in [4.78, 5) is 0. The maximum atomic E-state index is 11.3. The molecule has 0 heterocycles. The van der Waals surface area contributed by atoms with Crippen molar-refractivity contribution in [1.29, 1.82) is 0 Å². The van der Waals surface area contributed by atoms with E-state index in [2.05, 4.69) is 19.1 Å². The van der Waals surface area contributed by atoms with E-state index in [-0.39, 0.29) is 8.46 Å². The first-order valence-electron chi connectivity index (χ1n) is 6.27. The SMILES string of the molecule is Cc1ccc2c(c1P=O)CCCCCCC2. The lowest BCUT2D eigenvalue weighted by atomic mass is 9.97. The van der Waals surface area contributed by atoms with Gasteiger partial charge >= 0.3 is 0 Å². The van der Waals surface area contributed by atoms with Crippen molar-refractivity contribution in [2.24, 2.45) is 0 Å². The van der Waals surface area contributed by atoms with Crippen LogP contribution in [0.3, 0.4) is 0 Å². The molecule has 0 spiro atoms. The van der Waals surface area contributed by atoms with Crippen molar-refractivity contribution in [1.82, 2.24) is 0 Å². The topological polar surface area (TPSA) is 17.1 Å². The molecule has 0 unspecified atom stereocenters. The maximum Gasteiger partial charge on any atom is 0.192 e. The van der Waals surface area contributed by atoms with Gasteiger partial charge < -0.3 is 0 Å². The van der Waals surface area contributed by atoms with Crippen molar-refractivity contribution >= 4 is 13.8 Å². The van der Waals surface area contributed by atoms with E-state index >= 15 is 0 Å². The largest absolute Gasteiger partial charge is 0.269 e. The predicted molar refractivity (Wildman–Crippen MR) is 68.9 cm³/mol. The molecule has 0 aliphatic heterocycles. The Kier molecular flexibility index (Phi) is 4.12. The minimum atomic E-state index is 0.197. The van der Waals surface area contributed by atoms with Gasteiger partial charge in [0, 0.05) is 5.30 Å². The third kappa shape index (κ3) is 2.52. The molecule has 0 saturated carbocycles. The predicted octanol–water partition coefficient (Wildman–Crippen LogP) is 3.96. The molecule has 1 aromatic rings. The Hall–Kier alpha value is -0.680. The first-order valence-corrected chi connectivity index (χ1v) is 7.09. The Labute approximate surface area is 99.5 Å². The van der Waals surface area contributed by atoms with Crippen molar-refractivity contribution in [3.63, 3.8) is 0 Å². The number of fused-ring (bicyclic) bond motifs is 1. The summed E-state index contributed by atoms with van der Waals surface area (Å²) in [5.74, 6) is 0. The average molecular weight is 234 g/mol. The second-order valence-electron chi connectivity index (χ2n) is 4.73. The zero-order valence-corrected chi connectivity index (χ0v) is 10.9. The van der Waals surface area contributed by atoms with Crippen molar-refractivity contribution < 1.29 is 4.57 Å². The third-order valence-corrected chi connectivity index (χ3v) is 4.35. The minimum absolute atomic E-state index is 0.197. The Balaban J connectivity index is 2.40. The number of hydrogen-bond acceptors (Lipinski definition) is 1. The van der Waals surface area contributed by atoms with Gasteiger partial charge in [0.25, 0.3) is 0 Å². The van der Waals surface area contributed by atoms with Crippen LogP contribution in [0.4, 0.5) is 0 Å². The second kappa shape index (κ2) is 5.59. The van der Waals surface area contributed by atoms with Gasteiger partial charge in [0.2, 0.25) is 0 Å². The van der Waals surface area contributed by atoms with Gasteiger partial charge in [-0.15, -0.1) is 0 Å². The van der Waals surface area contributed by atoms with Crippen LogP contribution in [-0.2, 0) is 17.4 Å². The number of hydrogen-bond donors (Lipinski definition) is 0. The van der Waals surface area contributed by atoms with Crippen LogP contribution < -0.4 is 5.30 Å². The highest BCUT2D eigenvalue weighted by Gasteiger charge is 2.12. The minimum Gasteiger partial charge on any atom is -0.269 e. The fourth-order valence-electron chi connectivity index (χ4n) is 2.58. The normalized spacial score (nSPS) is 17.3. The van der Waals surface area contributed by atoms with Gasteiger partial charge in [0.1, 0.15) is 0 Å². The number of rotatable bonds is 1. The van der Waals surface area contributed by atoms with Gasteiger partial charge in [-0.05, 0) is 49.3 Å². The quantitative estimate of drug-likeness (QED) is 0.672. The molecule has 0 bridgehead atoms. The van der Waals surface area contributed by atoms with E-state index < -0.39 is 0 Å². The molecular formula is C14H19OP. The van der Waals surface area contributed by atoms with Gasteiger partial charge in [-0.2, -0.15) is 0 Å². The molecule has 16 heavy (non-hydrogen) atoms. The Morgan fingerprint density at radius 3 is 2.44 bits per heavy atom. The molecule has 2 rings (SSSR count). The Morgan fingerprint density at radius 2 is 1.69 bits per heavy atom. The zero-order valence-electron chi connectivity index (χ0n) is 9.96. The highest BCUT2D eigenvalue weighted by atomic mass is 31.1. The van der Waals surface area contributed by atoms with E-state index in [1.54, 1.807) is 0 Å². The third-order valence-electron chi connectivity index (χ3n) is 3.55. The molecule has 0 saturated heterocycles. The summed E-state index contributed by atoms with van der Waals surface area (Å²) in [5, 5.41) is 1.06. The van der Waals surface area contributed by atoms with Crippen LogP contribution in [0, 0.1) is 6.92 Å². The van der Waals surface area contributed by atoms with Crippen LogP contribution in [0.5, 0.6) is 0 Å². The molecule has 0 fully saturated rings. The fourth-order valence-corrected chi connectivity index (χ4v) is 3.17.